The Morgan fingerprint density at radius 3 is 2.20 bits per heavy atom. The van der Waals surface area contributed by atoms with Gasteiger partial charge in [-0.25, -0.2) is 0 Å². The van der Waals surface area contributed by atoms with Crippen molar-refractivity contribution in [3.8, 4) is 0 Å². The van der Waals surface area contributed by atoms with Gasteiger partial charge in [0.2, 0.25) is 0 Å². The molecule has 1 aromatic rings. The largest absolute Gasteiger partial charge is 0.423 e. The molecule has 0 aliphatic rings. The van der Waals surface area contributed by atoms with E-state index in [9.17, 15) is 13.2 Å². The standard InChI is InChI=1S/C9H4Cl2F3I/c10-6-4-2-1-3-5(6)7(11)8(15)9(12,13)14/h1-4H/b8-7+. The van der Waals surface area contributed by atoms with Crippen molar-refractivity contribution >= 4 is 50.8 Å². The summed E-state index contributed by atoms with van der Waals surface area (Å²) in [6.45, 7) is 0. The third-order valence-corrected chi connectivity index (χ3v) is 3.74. The first-order chi connectivity index (χ1) is 6.84. The number of hydrogen-bond donors (Lipinski definition) is 0. The molecular formula is C9H4Cl2F3I. The Labute approximate surface area is 108 Å². The molecule has 82 valence electrons. The molecule has 0 aliphatic heterocycles. The van der Waals surface area contributed by atoms with E-state index in [1.54, 1.807) is 12.1 Å². The fraction of sp³-hybridized carbons (Fsp3) is 0.111. The molecule has 0 radical (unpaired) electrons. The van der Waals surface area contributed by atoms with E-state index in [-0.39, 0.29) is 15.6 Å². The van der Waals surface area contributed by atoms with E-state index >= 15 is 0 Å². The summed E-state index contributed by atoms with van der Waals surface area (Å²) in [5.74, 6) is 0. The summed E-state index contributed by atoms with van der Waals surface area (Å²) in [5, 5.41) is -0.186. The zero-order valence-electron chi connectivity index (χ0n) is 7.08. The van der Waals surface area contributed by atoms with Crippen molar-refractivity contribution in [2.45, 2.75) is 6.18 Å². The quantitative estimate of drug-likeness (QED) is 0.596. The van der Waals surface area contributed by atoms with E-state index in [1.165, 1.54) is 12.1 Å². The van der Waals surface area contributed by atoms with Crippen molar-refractivity contribution in [3.63, 3.8) is 0 Å². The molecule has 0 heterocycles. The second kappa shape index (κ2) is 4.93. The van der Waals surface area contributed by atoms with Crippen LogP contribution in [0.3, 0.4) is 0 Å². The molecule has 0 fully saturated rings. The minimum Gasteiger partial charge on any atom is -0.166 e. The van der Waals surface area contributed by atoms with Crippen molar-refractivity contribution < 1.29 is 13.2 Å². The molecule has 0 spiro atoms. The summed E-state index contributed by atoms with van der Waals surface area (Å²) in [7, 11) is 0. The molecule has 0 atom stereocenters. The molecule has 0 nitrogen and oxygen atoms in total. The molecule has 0 aliphatic carbocycles. The van der Waals surface area contributed by atoms with E-state index in [1.807, 2.05) is 0 Å². The number of allylic oxidation sites excluding steroid dienone is 1. The Morgan fingerprint density at radius 1 is 1.20 bits per heavy atom. The number of benzene rings is 1. The molecular weight excluding hydrogens is 363 g/mol. The van der Waals surface area contributed by atoms with E-state index in [0.717, 1.165) is 22.6 Å². The molecule has 1 aromatic carbocycles. The van der Waals surface area contributed by atoms with Crippen LogP contribution in [0, 0.1) is 0 Å². The zero-order valence-corrected chi connectivity index (χ0v) is 10.7. The number of alkyl halides is 3. The molecule has 0 saturated carbocycles. The third kappa shape index (κ3) is 3.26. The van der Waals surface area contributed by atoms with Crippen LogP contribution in [0.15, 0.2) is 27.8 Å². The van der Waals surface area contributed by atoms with Crippen LogP contribution in [-0.2, 0) is 0 Å². The average molecular weight is 367 g/mol. The lowest BCUT2D eigenvalue weighted by Crippen LogP contribution is -2.07. The molecule has 0 saturated heterocycles. The van der Waals surface area contributed by atoms with Gasteiger partial charge in [-0.3, -0.25) is 0 Å². The first kappa shape index (κ1) is 13.1. The van der Waals surface area contributed by atoms with Crippen LogP contribution in [0.25, 0.3) is 5.03 Å². The van der Waals surface area contributed by atoms with Crippen LogP contribution >= 0.6 is 45.8 Å². The van der Waals surface area contributed by atoms with Gasteiger partial charge in [0.15, 0.2) is 0 Å². The zero-order chi connectivity index (χ0) is 11.6. The van der Waals surface area contributed by atoms with Crippen molar-refractivity contribution in [1.29, 1.82) is 0 Å². The van der Waals surface area contributed by atoms with Crippen LogP contribution in [-0.4, -0.2) is 6.18 Å². The fourth-order valence-corrected chi connectivity index (χ4v) is 1.72. The second-order valence-electron chi connectivity index (χ2n) is 2.61. The highest BCUT2D eigenvalue weighted by atomic mass is 127. The van der Waals surface area contributed by atoms with Crippen molar-refractivity contribution in [3.05, 3.63) is 38.4 Å². The second-order valence-corrected chi connectivity index (χ2v) is 4.47. The van der Waals surface area contributed by atoms with Crippen molar-refractivity contribution in [1.82, 2.24) is 0 Å². The fourth-order valence-electron chi connectivity index (χ4n) is 0.882. The van der Waals surface area contributed by atoms with Gasteiger partial charge in [0.05, 0.1) is 5.03 Å². The van der Waals surface area contributed by atoms with Crippen LogP contribution in [0.5, 0.6) is 0 Å². The summed E-state index contributed by atoms with van der Waals surface area (Å²) in [6, 6.07) is 6.12. The third-order valence-electron chi connectivity index (χ3n) is 1.55. The van der Waals surface area contributed by atoms with Crippen LogP contribution in [0.1, 0.15) is 5.56 Å². The first-order valence-corrected chi connectivity index (χ1v) is 5.55. The minimum absolute atomic E-state index is 0.183. The molecule has 0 unspecified atom stereocenters. The monoisotopic (exact) mass is 366 g/mol. The lowest BCUT2D eigenvalue weighted by molar-refractivity contribution is -0.0810. The Morgan fingerprint density at radius 2 is 1.73 bits per heavy atom. The highest BCUT2D eigenvalue weighted by Crippen LogP contribution is 2.40. The van der Waals surface area contributed by atoms with E-state index in [2.05, 4.69) is 0 Å². The van der Waals surface area contributed by atoms with Crippen molar-refractivity contribution in [2.75, 3.05) is 0 Å². The summed E-state index contributed by atoms with van der Waals surface area (Å²) in [5.41, 5.74) is 0.183. The molecule has 0 bridgehead atoms. The lowest BCUT2D eigenvalue weighted by Gasteiger charge is -2.09. The molecule has 0 N–H and O–H groups in total. The molecule has 0 amide bonds. The predicted octanol–water partition coefficient (Wildman–Crippen LogP) is 5.24. The van der Waals surface area contributed by atoms with Gasteiger partial charge in [-0.15, -0.1) is 0 Å². The molecule has 6 heteroatoms. The van der Waals surface area contributed by atoms with E-state index in [0.29, 0.717) is 0 Å². The maximum atomic E-state index is 12.3. The van der Waals surface area contributed by atoms with Crippen molar-refractivity contribution in [2.24, 2.45) is 0 Å². The number of hydrogen-bond acceptors (Lipinski definition) is 0. The highest BCUT2D eigenvalue weighted by molar-refractivity contribution is 14.1. The van der Waals surface area contributed by atoms with Gasteiger partial charge in [0, 0.05) is 10.6 Å². The SMILES string of the molecule is FC(F)(F)/C(I)=C(\Cl)c1ccccc1Cl. The van der Waals surface area contributed by atoms with Crippen LogP contribution < -0.4 is 0 Å². The van der Waals surface area contributed by atoms with Gasteiger partial charge in [-0.2, -0.15) is 13.2 Å². The molecule has 15 heavy (non-hydrogen) atoms. The van der Waals surface area contributed by atoms with Gasteiger partial charge in [0.1, 0.15) is 3.58 Å². The average Bonchev–Trinajstić information content (AvgIpc) is 2.15. The summed E-state index contributed by atoms with van der Waals surface area (Å²) < 4.78 is 36.1. The van der Waals surface area contributed by atoms with Gasteiger partial charge in [-0.05, 0) is 28.7 Å². The highest BCUT2D eigenvalue weighted by Gasteiger charge is 2.34. The smallest absolute Gasteiger partial charge is 0.166 e. The van der Waals surface area contributed by atoms with Crippen LogP contribution in [0.4, 0.5) is 13.2 Å². The Balaban J connectivity index is 3.26. The minimum atomic E-state index is -4.45. The number of halogens is 6. The maximum Gasteiger partial charge on any atom is 0.423 e. The van der Waals surface area contributed by atoms with E-state index < -0.39 is 9.76 Å². The summed E-state index contributed by atoms with van der Waals surface area (Å²) in [6.07, 6.45) is -4.45. The van der Waals surface area contributed by atoms with Gasteiger partial charge < -0.3 is 0 Å². The normalized spacial score (nSPS) is 13.7. The molecule has 0 aromatic heterocycles. The molecule has 1 rings (SSSR count). The van der Waals surface area contributed by atoms with E-state index in [4.69, 9.17) is 23.2 Å². The van der Waals surface area contributed by atoms with Gasteiger partial charge >= 0.3 is 6.18 Å². The lowest BCUT2D eigenvalue weighted by atomic mass is 10.2. The summed E-state index contributed by atoms with van der Waals surface area (Å²) >= 11 is 12.5. The predicted molar refractivity (Wildman–Crippen MR) is 64.3 cm³/mol. The van der Waals surface area contributed by atoms with Gasteiger partial charge in [0.25, 0.3) is 0 Å². The first-order valence-electron chi connectivity index (χ1n) is 3.71. The number of rotatable bonds is 1. The summed E-state index contributed by atoms with van der Waals surface area (Å²) in [4.78, 5) is 0. The Bertz CT molecular complexity index is 399. The maximum absolute atomic E-state index is 12.3. The van der Waals surface area contributed by atoms with Gasteiger partial charge in [-0.1, -0.05) is 41.4 Å². The Hall–Kier alpha value is 0.0600. The Kier molecular flexibility index (Phi) is 4.31. The van der Waals surface area contributed by atoms with Crippen LogP contribution in [0.2, 0.25) is 5.02 Å². The topological polar surface area (TPSA) is 0 Å².